The lowest BCUT2D eigenvalue weighted by atomic mass is 9.97. The van der Waals surface area contributed by atoms with Gasteiger partial charge in [0.1, 0.15) is 6.61 Å². The molecule has 0 aliphatic rings. The number of nitro groups is 1. The summed E-state index contributed by atoms with van der Waals surface area (Å²) in [4.78, 5) is 11.5. The van der Waals surface area contributed by atoms with Gasteiger partial charge in [-0.3, -0.25) is 10.1 Å². The van der Waals surface area contributed by atoms with Gasteiger partial charge < -0.3 is 10.1 Å². The van der Waals surface area contributed by atoms with E-state index in [0.29, 0.717) is 12.4 Å². The summed E-state index contributed by atoms with van der Waals surface area (Å²) < 4.78 is 5.82. The van der Waals surface area contributed by atoms with Crippen molar-refractivity contribution in [3.8, 4) is 5.75 Å². The maximum Gasteiger partial charge on any atom is 0.311 e. The Morgan fingerprint density at radius 1 is 0.970 bits per heavy atom. The van der Waals surface area contributed by atoms with Crippen molar-refractivity contribution in [2.45, 2.75) is 65.1 Å². The molecule has 3 aromatic rings. The van der Waals surface area contributed by atoms with Crippen molar-refractivity contribution in [2.75, 3.05) is 0 Å². The van der Waals surface area contributed by atoms with E-state index in [1.165, 1.54) is 11.1 Å². The summed E-state index contributed by atoms with van der Waals surface area (Å²) in [6, 6.07) is 23.7. The van der Waals surface area contributed by atoms with E-state index < -0.39 is 0 Å². The Bertz CT molecular complexity index is 1020. The number of unbranched alkanes of at least 4 members (excludes halogenated alkanes) is 2. The number of ether oxygens (including phenoxy) is 1. The van der Waals surface area contributed by atoms with E-state index in [0.717, 1.165) is 36.8 Å². The van der Waals surface area contributed by atoms with Crippen molar-refractivity contribution in [1.29, 1.82) is 0 Å². The molecule has 0 aliphatic carbocycles. The number of nitrogens with zero attached hydrogens (tertiary/aromatic N) is 1. The second-order valence-electron chi connectivity index (χ2n) is 8.61. The molecule has 0 aromatic heterocycles. The Balaban J connectivity index is 1.81. The van der Waals surface area contributed by atoms with Gasteiger partial charge in [0.05, 0.1) is 4.92 Å². The average molecular weight is 447 g/mol. The molecular formula is C28H34N2O3. The predicted octanol–water partition coefficient (Wildman–Crippen LogP) is 7.45. The van der Waals surface area contributed by atoms with Crippen molar-refractivity contribution >= 4 is 5.69 Å². The van der Waals surface area contributed by atoms with Gasteiger partial charge in [-0.05, 0) is 43.0 Å². The molecule has 5 nitrogen and oxygen atoms in total. The van der Waals surface area contributed by atoms with E-state index in [-0.39, 0.29) is 22.7 Å². The Hall–Kier alpha value is -3.18. The minimum atomic E-state index is -0.351. The lowest BCUT2D eigenvalue weighted by Crippen LogP contribution is -2.25. The van der Waals surface area contributed by atoms with E-state index in [1.807, 2.05) is 36.4 Å². The quantitative estimate of drug-likeness (QED) is 0.178. The van der Waals surface area contributed by atoms with E-state index >= 15 is 0 Å². The number of rotatable bonds is 12. The van der Waals surface area contributed by atoms with Crippen LogP contribution in [0, 0.1) is 17.0 Å². The molecule has 0 fully saturated rings. The van der Waals surface area contributed by atoms with Gasteiger partial charge in [-0.2, -0.15) is 0 Å². The summed E-state index contributed by atoms with van der Waals surface area (Å²) in [5, 5.41) is 15.6. The number of benzene rings is 3. The molecule has 0 bridgehead atoms. The van der Waals surface area contributed by atoms with Crippen LogP contribution in [0.1, 0.15) is 73.9 Å². The summed E-state index contributed by atoms with van der Waals surface area (Å²) in [5.74, 6) is 0.298. The Labute approximate surface area is 197 Å². The Morgan fingerprint density at radius 2 is 1.67 bits per heavy atom. The number of nitrogens with one attached hydrogen (secondary N) is 1. The molecule has 5 heteroatoms. The number of nitro benzene ring substituents is 1. The third-order valence-electron chi connectivity index (χ3n) is 5.94. The molecule has 3 rings (SSSR count). The molecular weight excluding hydrogens is 412 g/mol. The van der Waals surface area contributed by atoms with Crippen molar-refractivity contribution in [3.05, 3.63) is 105 Å². The first-order valence-electron chi connectivity index (χ1n) is 11.8. The fourth-order valence-electron chi connectivity index (χ4n) is 3.95. The fourth-order valence-corrected chi connectivity index (χ4v) is 3.95. The van der Waals surface area contributed by atoms with E-state index in [4.69, 9.17) is 4.74 Å². The number of hydrogen-bond donors (Lipinski definition) is 1. The first-order valence-corrected chi connectivity index (χ1v) is 11.8. The Morgan fingerprint density at radius 3 is 2.33 bits per heavy atom. The summed E-state index contributed by atoms with van der Waals surface area (Å²) in [6.07, 6.45) is 4.25. The predicted molar refractivity (Wildman–Crippen MR) is 133 cm³/mol. The first-order chi connectivity index (χ1) is 16.0. The lowest BCUT2D eigenvalue weighted by molar-refractivity contribution is -0.386. The average Bonchev–Trinajstić information content (AvgIpc) is 2.83. The monoisotopic (exact) mass is 446 g/mol. The van der Waals surface area contributed by atoms with Crippen molar-refractivity contribution in [1.82, 2.24) is 5.32 Å². The standard InChI is InChI=1S/C28H34N2O3/c1-4-5-7-12-26(29-22(3)24-15-13-21(2)14-16-24)25-17-18-28(27(19-25)30(31)32)33-20-23-10-8-6-9-11-23/h6,8-11,13-19,22,26,29H,4-5,7,12,20H2,1-3H3. The molecule has 2 unspecified atom stereocenters. The molecule has 0 heterocycles. The molecule has 0 spiro atoms. The zero-order chi connectivity index (χ0) is 23.6. The van der Waals surface area contributed by atoms with Gasteiger partial charge in [0.15, 0.2) is 5.75 Å². The highest BCUT2D eigenvalue weighted by Gasteiger charge is 2.22. The topological polar surface area (TPSA) is 64.4 Å². The van der Waals surface area contributed by atoms with Crippen molar-refractivity contribution in [2.24, 2.45) is 0 Å². The zero-order valence-corrected chi connectivity index (χ0v) is 19.8. The minimum Gasteiger partial charge on any atom is -0.482 e. The molecule has 0 amide bonds. The van der Waals surface area contributed by atoms with E-state index in [9.17, 15) is 10.1 Å². The molecule has 0 aliphatic heterocycles. The van der Waals surface area contributed by atoms with Crippen LogP contribution >= 0.6 is 0 Å². The maximum atomic E-state index is 11.8. The van der Waals surface area contributed by atoms with Gasteiger partial charge >= 0.3 is 5.69 Å². The largest absolute Gasteiger partial charge is 0.482 e. The van der Waals surface area contributed by atoms with Gasteiger partial charge in [-0.25, -0.2) is 0 Å². The summed E-state index contributed by atoms with van der Waals surface area (Å²) >= 11 is 0. The van der Waals surface area contributed by atoms with E-state index in [1.54, 1.807) is 12.1 Å². The normalized spacial score (nSPS) is 12.8. The third-order valence-corrected chi connectivity index (χ3v) is 5.94. The maximum absolute atomic E-state index is 11.8. The highest BCUT2D eigenvalue weighted by atomic mass is 16.6. The van der Waals surface area contributed by atoms with Crippen LogP contribution in [0.15, 0.2) is 72.8 Å². The fraction of sp³-hybridized carbons (Fsp3) is 0.357. The first kappa shape index (κ1) is 24.5. The lowest BCUT2D eigenvalue weighted by Gasteiger charge is -2.24. The van der Waals surface area contributed by atoms with Crippen LogP contribution < -0.4 is 10.1 Å². The van der Waals surface area contributed by atoms with Crippen molar-refractivity contribution < 1.29 is 9.66 Å². The summed E-state index contributed by atoms with van der Waals surface area (Å²) in [6.45, 7) is 6.70. The molecule has 2 atom stereocenters. The minimum absolute atomic E-state index is 0.00807. The molecule has 3 aromatic carbocycles. The second-order valence-corrected chi connectivity index (χ2v) is 8.61. The van der Waals surface area contributed by atoms with Crippen LogP contribution in [0.4, 0.5) is 5.69 Å². The van der Waals surface area contributed by atoms with Gasteiger partial charge in [0.2, 0.25) is 0 Å². The van der Waals surface area contributed by atoms with Crippen LogP contribution in [-0.4, -0.2) is 4.92 Å². The smallest absolute Gasteiger partial charge is 0.311 e. The molecule has 0 saturated carbocycles. The molecule has 33 heavy (non-hydrogen) atoms. The van der Waals surface area contributed by atoms with E-state index in [2.05, 4.69) is 50.4 Å². The second kappa shape index (κ2) is 12.2. The van der Waals surface area contributed by atoms with Gasteiger partial charge in [-0.15, -0.1) is 0 Å². The van der Waals surface area contributed by atoms with Gasteiger partial charge in [0, 0.05) is 18.2 Å². The third kappa shape index (κ3) is 7.16. The highest BCUT2D eigenvalue weighted by Crippen LogP contribution is 2.33. The SMILES string of the molecule is CCCCCC(NC(C)c1ccc(C)cc1)c1ccc(OCc2ccccc2)c([N+](=O)[O-])c1. The molecule has 0 radical (unpaired) electrons. The summed E-state index contributed by atoms with van der Waals surface area (Å²) in [5.41, 5.74) is 4.34. The van der Waals surface area contributed by atoms with Crippen LogP contribution in [0.5, 0.6) is 5.75 Å². The van der Waals surface area contributed by atoms with Gasteiger partial charge in [-0.1, -0.05) is 92.4 Å². The molecule has 0 saturated heterocycles. The summed E-state index contributed by atoms with van der Waals surface area (Å²) in [7, 11) is 0. The number of hydrogen-bond acceptors (Lipinski definition) is 4. The van der Waals surface area contributed by atoms with Crippen LogP contribution in [0.3, 0.4) is 0 Å². The van der Waals surface area contributed by atoms with Crippen LogP contribution in [0.25, 0.3) is 0 Å². The van der Waals surface area contributed by atoms with Gasteiger partial charge in [0.25, 0.3) is 0 Å². The van der Waals surface area contributed by atoms with Crippen molar-refractivity contribution in [3.63, 3.8) is 0 Å². The van der Waals surface area contributed by atoms with Crippen LogP contribution in [0.2, 0.25) is 0 Å². The van der Waals surface area contributed by atoms with Crippen LogP contribution in [-0.2, 0) is 6.61 Å². The highest BCUT2D eigenvalue weighted by molar-refractivity contribution is 5.49. The Kier molecular flexibility index (Phi) is 9.02. The zero-order valence-electron chi connectivity index (χ0n) is 19.8. The molecule has 174 valence electrons. The molecule has 1 N–H and O–H groups in total. The number of aryl methyl sites for hydroxylation is 1.